The largest absolute Gasteiger partial charge is 0.380 e. The molecule has 112 valence electrons. The molecule has 0 spiro atoms. The van der Waals surface area contributed by atoms with E-state index in [1.165, 1.54) is 58.4 Å². The molecule has 2 aliphatic rings. The number of nitrogens with one attached hydrogen (secondary N) is 1. The molecule has 4 nitrogen and oxygen atoms in total. The quantitative estimate of drug-likeness (QED) is 0.670. The van der Waals surface area contributed by atoms with E-state index in [0.29, 0.717) is 0 Å². The third kappa shape index (κ3) is 5.38. The molecule has 19 heavy (non-hydrogen) atoms. The Morgan fingerprint density at radius 3 is 2.74 bits per heavy atom. The highest BCUT2D eigenvalue weighted by atomic mass is 16.5. The van der Waals surface area contributed by atoms with Crippen LogP contribution >= 0.6 is 0 Å². The van der Waals surface area contributed by atoms with Gasteiger partial charge in [0.1, 0.15) is 0 Å². The molecule has 1 unspecified atom stereocenters. The standard InChI is InChI=1S/C15H31N3O/c1-2-19-13-8-16-7-12-17-11-6-15(14-17)18-9-4-3-5-10-18/h15-16H,2-14H2,1H3. The van der Waals surface area contributed by atoms with Crippen molar-refractivity contribution in [3.63, 3.8) is 0 Å². The van der Waals surface area contributed by atoms with Gasteiger partial charge < -0.3 is 15.0 Å². The molecule has 2 saturated heterocycles. The smallest absolute Gasteiger partial charge is 0.0590 e. The lowest BCUT2D eigenvalue weighted by molar-refractivity contribution is 0.147. The predicted octanol–water partition coefficient (Wildman–Crippen LogP) is 1.17. The van der Waals surface area contributed by atoms with Gasteiger partial charge in [0, 0.05) is 38.8 Å². The van der Waals surface area contributed by atoms with E-state index in [4.69, 9.17) is 4.74 Å². The van der Waals surface area contributed by atoms with Crippen LogP contribution in [0, 0.1) is 0 Å². The fraction of sp³-hybridized carbons (Fsp3) is 1.00. The van der Waals surface area contributed by atoms with Crippen molar-refractivity contribution < 1.29 is 4.74 Å². The predicted molar refractivity (Wildman–Crippen MR) is 79.6 cm³/mol. The normalized spacial score (nSPS) is 26.1. The van der Waals surface area contributed by atoms with Crippen LogP contribution in [-0.2, 0) is 4.74 Å². The Balaban J connectivity index is 1.52. The van der Waals surface area contributed by atoms with Gasteiger partial charge >= 0.3 is 0 Å². The summed E-state index contributed by atoms with van der Waals surface area (Å²) < 4.78 is 5.32. The second-order valence-electron chi connectivity index (χ2n) is 5.79. The van der Waals surface area contributed by atoms with Gasteiger partial charge in [-0.1, -0.05) is 6.42 Å². The Morgan fingerprint density at radius 2 is 1.95 bits per heavy atom. The first-order valence-corrected chi connectivity index (χ1v) is 8.15. The third-order valence-electron chi connectivity index (χ3n) is 4.39. The number of nitrogens with zero attached hydrogens (tertiary/aromatic N) is 2. The number of ether oxygens (including phenoxy) is 1. The number of piperidine rings is 1. The maximum Gasteiger partial charge on any atom is 0.0590 e. The Hall–Kier alpha value is -0.160. The molecule has 0 radical (unpaired) electrons. The number of rotatable bonds is 8. The first-order chi connectivity index (χ1) is 9.40. The van der Waals surface area contributed by atoms with E-state index in [1.807, 2.05) is 6.92 Å². The van der Waals surface area contributed by atoms with Gasteiger partial charge in [0.25, 0.3) is 0 Å². The number of hydrogen-bond acceptors (Lipinski definition) is 4. The summed E-state index contributed by atoms with van der Waals surface area (Å²) in [6.07, 6.45) is 5.64. The molecule has 0 saturated carbocycles. The lowest BCUT2D eigenvalue weighted by Gasteiger charge is -2.32. The Kier molecular flexibility index (Phi) is 7.14. The lowest BCUT2D eigenvalue weighted by Crippen LogP contribution is -2.41. The van der Waals surface area contributed by atoms with Crippen molar-refractivity contribution in [1.82, 2.24) is 15.1 Å². The van der Waals surface area contributed by atoms with Gasteiger partial charge in [0.15, 0.2) is 0 Å². The summed E-state index contributed by atoms with van der Waals surface area (Å²) in [5, 5.41) is 3.46. The van der Waals surface area contributed by atoms with Crippen molar-refractivity contribution in [2.75, 3.05) is 59.0 Å². The zero-order valence-corrected chi connectivity index (χ0v) is 12.6. The lowest BCUT2D eigenvalue weighted by atomic mass is 10.1. The van der Waals surface area contributed by atoms with Gasteiger partial charge in [-0.25, -0.2) is 0 Å². The maximum atomic E-state index is 5.32. The fourth-order valence-corrected chi connectivity index (χ4v) is 3.25. The van der Waals surface area contributed by atoms with Gasteiger partial charge in [-0.3, -0.25) is 4.90 Å². The van der Waals surface area contributed by atoms with Crippen LogP contribution in [0.2, 0.25) is 0 Å². The van der Waals surface area contributed by atoms with Crippen molar-refractivity contribution in [3.05, 3.63) is 0 Å². The van der Waals surface area contributed by atoms with Crippen molar-refractivity contribution in [2.45, 2.75) is 38.6 Å². The molecule has 0 aromatic carbocycles. The SMILES string of the molecule is CCOCCNCCN1CCC(N2CCCCC2)C1. The molecule has 0 aromatic rings. The minimum absolute atomic E-state index is 0.825. The van der Waals surface area contributed by atoms with Gasteiger partial charge in [0.2, 0.25) is 0 Å². The molecule has 0 amide bonds. The molecular weight excluding hydrogens is 238 g/mol. The van der Waals surface area contributed by atoms with Crippen molar-refractivity contribution in [2.24, 2.45) is 0 Å². The molecule has 2 heterocycles. The van der Waals surface area contributed by atoms with E-state index in [9.17, 15) is 0 Å². The topological polar surface area (TPSA) is 27.7 Å². The summed E-state index contributed by atoms with van der Waals surface area (Å²) in [6.45, 7) is 12.2. The van der Waals surface area contributed by atoms with Crippen LogP contribution in [0.25, 0.3) is 0 Å². The van der Waals surface area contributed by atoms with Crippen LogP contribution in [0.15, 0.2) is 0 Å². The molecule has 2 fully saturated rings. The minimum atomic E-state index is 0.825. The first-order valence-electron chi connectivity index (χ1n) is 8.15. The van der Waals surface area contributed by atoms with Crippen molar-refractivity contribution in [1.29, 1.82) is 0 Å². The molecule has 1 N–H and O–H groups in total. The van der Waals surface area contributed by atoms with Gasteiger partial charge in [-0.05, 0) is 45.8 Å². The van der Waals surface area contributed by atoms with E-state index in [0.717, 1.165) is 32.3 Å². The number of hydrogen-bond donors (Lipinski definition) is 1. The molecule has 4 heteroatoms. The summed E-state index contributed by atoms with van der Waals surface area (Å²) in [5.41, 5.74) is 0. The van der Waals surface area contributed by atoms with E-state index in [1.54, 1.807) is 0 Å². The van der Waals surface area contributed by atoms with E-state index >= 15 is 0 Å². The molecular formula is C15H31N3O. The number of likely N-dealkylation sites (tertiary alicyclic amines) is 2. The molecule has 2 aliphatic heterocycles. The highest BCUT2D eigenvalue weighted by molar-refractivity contribution is 4.84. The molecule has 0 aliphatic carbocycles. The monoisotopic (exact) mass is 269 g/mol. The Morgan fingerprint density at radius 1 is 1.11 bits per heavy atom. The van der Waals surface area contributed by atoms with E-state index in [2.05, 4.69) is 15.1 Å². The Labute approximate surface area is 118 Å². The molecule has 0 bridgehead atoms. The zero-order valence-electron chi connectivity index (χ0n) is 12.6. The Bertz CT molecular complexity index is 231. The maximum absolute atomic E-state index is 5.32. The van der Waals surface area contributed by atoms with Crippen molar-refractivity contribution in [3.8, 4) is 0 Å². The van der Waals surface area contributed by atoms with E-state index < -0.39 is 0 Å². The molecule has 1 atom stereocenters. The van der Waals surface area contributed by atoms with Gasteiger partial charge in [-0.15, -0.1) is 0 Å². The zero-order chi connectivity index (χ0) is 13.3. The van der Waals surface area contributed by atoms with E-state index in [-0.39, 0.29) is 0 Å². The van der Waals surface area contributed by atoms with Crippen LogP contribution in [0.4, 0.5) is 0 Å². The van der Waals surface area contributed by atoms with Gasteiger partial charge in [-0.2, -0.15) is 0 Å². The van der Waals surface area contributed by atoms with Crippen LogP contribution in [0.3, 0.4) is 0 Å². The summed E-state index contributed by atoms with van der Waals surface area (Å²) in [7, 11) is 0. The second kappa shape index (κ2) is 8.90. The highest BCUT2D eigenvalue weighted by Gasteiger charge is 2.27. The van der Waals surface area contributed by atoms with Crippen LogP contribution in [-0.4, -0.2) is 74.9 Å². The highest BCUT2D eigenvalue weighted by Crippen LogP contribution is 2.19. The molecule has 0 aromatic heterocycles. The summed E-state index contributed by atoms with van der Waals surface area (Å²) in [6, 6.07) is 0.837. The summed E-state index contributed by atoms with van der Waals surface area (Å²) in [5.74, 6) is 0. The second-order valence-corrected chi connectivity index (χ2v) is 5.79. The van der Waals surface area contributed by atoms with Crippen molar-refractivity contribution >= 4 is 0 Å². The average molecular weight is 269 g/mol. The van der Waals surface area contributed by atoms with Crippen LogP contribution < -0.4 is 5.32 Å². The third-order valence-corrected chi connectivity index (χ3v) is 4.39. The first kappa shape index (κ1) is 15.2. The molecule has 2 rings (SSSR count). The van der Waals surface area contributed by atoms with Crippen LogP contribution in [0.5, 0.6) is 0 Å². The average Bonchev–Trinajstić information content (AvgIpc) is 2.92. The summed E-state index contributed by atoms with van der Waals surface area (Å²) >= 11 is 0. The summed E-state index contributed by atoms with van der Waals surface area (Å²) in [4.78, 5) is 5.35. The minimum Gasteiger partial charge on any atom is -0.380 e. The van der Waals surface area contributed by atoms with Gasteiger partial charge in [0.05, 0.1) is 6.61 Å². The van der Waals surface area contributed by atoms with Crippen LogP contribution in [0.1, 0.15) is 32.6 Å². The fourth-order valence-electron chi connectivity index (χ4n) is 3.25.